The molecule has 1 aromatic heterocycles. The highest BCUT2D eigenvalue weighted by molar-refractivity contribution is 7.91. The highest BCUT2D eigenvalue weighted by Gasteiger charge is 2.49. The lowest BCUT2D eigenvalue weighted by Crippen LogP contribution is -2.50. The van der Waals surface area contributed by atoms with Crippen molar-refractivity contribution in [3.63, 3.8) is 0 Å². The summed E-state index contributed by atoms with van der Waals surface area (Å²) in [5, 5.41) is 11.8. The number of para-hydroxylation sites is 1. The molecule has 3 aliphatic heterocycles. The van der Waals surface area contributed by atoms with Crippen LogP contribution in [0.3, 0.4) is 0 Å². The number of nitrogens with zero attached hydrogens (tertiary/aromatic N) is 4. The maximum Gasteiger partial charge on any atom is 0.231 e. The molecule has 224 valence electrons. The number of anilines is 1. The topological polar surface area (TPSA) is 140 Å². The zero-order chi connectivity index (χ0) is 30.0. The first-order valence-corrected chi connectivity index (χ1v) is 16.0. The summed E-state index contributed by atoms with van der Waals surface area (Å²) in [5.74, 6) is -2.67. The number of ketones is 1. The van der Waals surface area contributed by atoms with Gasteiger partial charge in [-0.05, 0) is 36.6 Å². The highest BCUT2D eigenvalue weighted by atomic mass is 32.2. The van der Waals surface area contributed by atoms with Crippen molar-refractivity contribution < 1.29 is 27.9 Å². The molecular weight excluding hydrogens is 558 g/mol. The van der Waals surface area contributed by atoms with Gasteiger partial charge in [-0.25, -0.2) is 8.42 Å². The highest BCUT2D eigenvalue weighted by Crippen LogP contribution is 2.38. The molecular formula is C30H37N5O6S. The van der Waals surface area contributed by atoms with Crippen molar-refractivity contribution in [1.82, 2.24) is 20.1 Å². The van der Waals surface area contributed by atoms with E-state index >= 15 is 0 Å². The van der Waals surface area contributed by atoms with Crippen molar-refractivity contribution in [2.24, 2.45) is 11.8 Å². The van der Waals surface area contributed by atoms with E-state index in [-0.39, 0.29) is 54.1 Å². The molecule has 0 radical (unpaired) electrons. The van der Waals surface area contributed by atoms with E-state index in [2.05, 4.69) is 15.2 Å². The number of aromatic nitrogens is 1. The van der Waals surface area contributed by atoms with Crippen LogP contribution < -0.4 is 10.2 Å². The SMILES string of the molecule is CC(C)CC(CC(=O)N1CCN(c2ccccc2)CC1)C(=O)N1C2=C(CC1S(=O)(=O)Cc1ncccc1O)NCC2=O. The zero-order valence-electron chi connectivity index (χ0n) is 23.9. The molecule has 4 heterocycles. The summed E-state index contributed by atoms with van der Waals surface area (Å²) in [6.45, 7) is 6.24. The lowest BCUT2D eigenvalue weighted by Gasteiger charge is -2.37. The van der Waals surface area contributed by atoms with Crippen LogP contribution in [0.4, 0.5) is 5.69 Å². The number of hydrogen-bond donors (Lipinski definition) is 2. The maximum absolute atomic E-state index is 14.2. The normalized spacial score (nSPS) is 19.7. The van der Waals surface area contributed by atoms with Gasteiger partial charge in [0.05, 0.1) is 18.0 Å². The lowest BCUT2D eigenvalue weighted by molar-refractivity contribution is -0.141. The molecule has 0 bridgehead atoms. The van der Waals surface area contributed by atoms with E-state index in [1.165, 1.54) is 18.3 Å². The van der Waals surface area contributed by atoms with Crippen molar-refractivity contribution in [2.75, 3.05) is 37.6 Å². The molecule has 2 N–H and O–H groups in total. The minimum Gasteiger partial charge on any atom is -0.506 e. The van der Waals surface area contributed by atoms with E-state index in [4.69, 9.17) is 0 Å². The second-order valence-electron chi connectivity index (χ2n) is 11.5. The summed E-state index contributed by atoms with van der Waals surface area (Å²) in [6.07, 6.45) is 1.61. The number of benzene rings is 1. The minimum atomic E-state index is -4.09. The quantitative estimate of drug-likeness (QED) is 0.446. The smallest absolute Gasteiger partial charge is 0.231 e. The Balaban J connectivity index is 1.35. The summed E-state index contributed by atoms with van der Waals surface area (Å²) in [7, 11) is -4.09. The number of hydrogen-bond acceptors (Lipinski definition) is 9. The Morgan fingerprint density at radius 1 is 1.07 bits per heavy atom. The number of sulfone groups is 1. The number of piperazine rings is 1. The van der Waals surface area contributed by atoms with Gasteiger partial charge in [0.2, 0.25) is 11.8 Å². The third-order valence-corrected chi connectivity index (χ3v) is 9.94. The molecule has 0 saturated carbocycles. The maximum atomic E-state index is 14.2. The molecule has 12 heteroatoms. The third kappa shape index (κ3) is 6.13. The van der Waals surface area contributed by atoms with E-state index in [0.29, 0.717) is 38.3 Å². The number of Topliss-reactive ketones (excluding diaryl/α,β-unsaturated/α-hetero) is 1. The Bertz CT molecular complexity index is 1480. The van der Waals surface area contributed by atoms with Gasteiger partial charge in [0.1, 0.15) is 16.8 Å². The van der Waals surface area contributed by atoms with Gasteiger partial charge in [0, 0.05) is 62.5 Å². The molecule has 3 aliphatic rings. The monoisotopic (exact) mass is 595 g/mol. The second kappa shape index (κ2) is 12.1. The predicted octanol–water partition coefficient (Wildman–Crippen LogP) is 2.05. The Morgan fingerprint density at radius 3 is 2.45 bits per heavy atom. The molecule has 0 spiro atoms. The zero-order valence-corrected chi connectivity index (χ0v) is 24.7. The predicted molar refractivity (Wildman–Crippen MR) is 157 cm³/mol. The van der Waals surface area contributed by atoms with E-state index in [1.54, 1.807) is 4.90 Å². The van der Waals surface area contributed by atoms with E-state index in [0.717, 1.165) is 10.6 Å². The summed E-state index contributed by atoms with van der Waals surface area (Å²) in [4.78, 5) is 49.7. The van der Waals surface area contributed by atoms with Crippen LogP contribution in [0.5, 0.6) is 5.75 Å². The Morgan fingerprint density at radius 2 is 1.79 bits per heavy atom. The Labute approximate surface area is 246 Å². The molecule has 42 heavy (non-hydrogen) atoms. The van der Waals surface area contributed by atoms with Crippen LogP contribution in [0.1, 0.15) is 38.8 Å². The van der Waals surface area contributed by atoms with Crippen LogP contribution in [0.2, 0.25) is 0 Å². The van der Waals surface area contributed by atoms with Crippen LogP contribution in [0.15, 0.2) is 60.1 Å². The summed E-state index contributed by atoms with van der Waals surface area (Å²) >= 11 is 0. The van der Waals surface area contributed by atoms with Crippen LogP contribution in [0.25, 0.3) is 0 Å². The van der Waals surface area contributed by atoms with Crippen molar-refractivity contribution in [2.45, 2.75) is 44.2 Å². The van der Waals surface area contributed by atoms with Gasteiger partial charge >= 0.3 is 0 Å². The number of carbonyl (C=O) groups is 3. The van der Waals surface area contributed by atoms with E-state index in [9.17, 15) is 27.9 Å². The van der Waals surface area contributed by atoms with Crippen molar-refractivity contribution in [3.8, 4) is 5.75 Å². The number of amides is 2. The average Bonchev–Trinajstić information content (AvgIpc) is 3.54. The van der Waals surface area contributed by atoms with Crippen LogP contribution in [-0.4, -0.2) is 84.0 Å². The summed E-state index contributed by atoms with van der Waals surface area (Å²) in [6, 6.07) is 12.8. The van der Waals surface area contributed by atoms with Crippen molar-refractivity contribution in [1.29, 1.82) is 0 Å². The van der Waals surface area contributed by atoms with E-state index in [1.807, 2.05) is 44.2 Å². The van der Waals surface area contributed by atoms with Crippen molar-refractivity contribution >= 4 is 33.1 Å². The lowest BCUT2D eigenvalue weighted by atomic mass is 9.92. The van der Waals surface area contributed by atoms with Crippen LogP contribution in [0, 0.1) is 11.8 Å². The number of aromatic hydroxyl groups is 1. The van der Waals surface area contributed by atoms with Gasteiger partial charge in [-0.15, -0.1) is 0 Å². The second-order valence-corrected chi connectivity index (χ2v) is 13.6. The van der Waals surface area contributed by atoms with Crippen LogP contribution >= 0.6 is 0 Å². The Kier molecular flexibility index (Phi) is 8.53. The number of nitrogens with one attached hydrogen (secondary N) is 1. The Hall–Kier alpha value is -3.93. The largest absolute Gasteiger partial charge is 0.506 e. The molecule has 2 atom stereocenters. The fourth-order valence-corrected chi connectivity index (χ4v) is 7.73. The molecule has 2 amide bonds. The van der Waals surface area contributed by atoms with Gasteiger partial charge in [-0.3, -0.25) is 24.3 Å². The molecule has 1 fully saturated rings. The van der Waals surface area contributed by atoms with Gasteiger partial charge in [0.25, 0.3) is 0 Å². The third-order valence-electron chi connectivity index (χ3n) is 8.06. The summed E-state index contributed by atoms with van der Waals surface area (Å²) < 4.78 is 27.4. The average molecular weight is 596 g/mol. The number of rotatable bonds is 9. The first kappa shape index (κ1) is 29.6. The molecule has 2 aromatic rings. The standard InChI is InChI=1S/C30H37N5O6S/c1-20(2)15-21(16-27(38)34-13-11-33(12-14-34)22-7-4-3-5-8-22)30(39)35-28(17-23-29(35)26(37)18-32-23)42(40,41)19-24-25(36)9-6-10-31-24/h3-10,20-21,28,32,36H,11-19H2,1-2H3. The molecule has 1 aromatic carbocycles. The van der Waals surface area contributed by atoms with Crippen molar-refractivity contribution in [3.05, 3.63) is 65.7 Å². The van der Waals surface area contributed by atoms with Gasteiger partial charge < -0.3 is 20.2 Å². The first-order valence-electron chi connectivity index (χ1n) is 14.3. The molecule has 5 rings (SSSR count). The molecule has 2 unspecified atom stereocenters. The number of carbonyl (C=O) groups excluding carboxylic acids is 3. The van der Waals surface area contributed by atoms with E-state index < -0.39 is 32.8 Å². The minimum absolute atomic E-state index is 0.0122. The molecule has 0 aliphatic carbocycles. The first-order chi connectivity index (χ1) is 20.0. The fourth-order valence-electron chi connectivity index (χ4n) is 5.98. The van der Waals surface area contributed by atoms with Gasteiger partial charge in [-0.1, -0.05) is 32.0 Å². The van der Waals surface area contributed by atoms with Gasteiger partial charge in [0.15, 0.2) is 15.6 Å². The number of pyridine rings is 1. The molecule has 11 nitrogen and oxygen atoms in total. The fraction of sp³-hybridized carbons (Fsp3) is 0.467. The summed E-state index contributed by atoms with van der Waals surface area (Å²) in [5.41, 5.74) is 1.55. The van der Waals surface area contributed by atoms with Gasteiger partial charge in [-0.2, -0.15) is 0 Å². The molecule has 1 saturated heterocycles. The van der Waals surface area contributed by atoms with Crippen LogP contribution in [-0.2, 0) is 30.0 Å².